The van der Waals surface area contributed by atoms with Crippen molar-refractivity contribution in [2.45, 2.75) is 6.54 Å². The molecule has 0 aliphatic rings. The Morgan fingerprint density at radius 1 is 0.963 bits per heavy atom. The Morgan fingerprint density at radius 3 is 2.56 bits per heavy atom. The number of benzene rings is 1. The first-order valence-electron chi connectivity index (χ1n) is 8.13. The van der Waals surface area contributed by atoms with E-state index in [1.54, 1.807) is 53.2 Å². The summed E-state index contributed by atoms with van der Waals surface area (Å²) in [6, 6.07) is 11.8. The minimum atomic E-state index is -0.454. The topological polar surface area (TPSA) is 100 Å². The van der Waals surface area contributed by atoms with Gasteiger partial charge < -0.3 is 20.4 Å². The zero-order chi connectivity index (χ0) is 19.1. The molecule has 0 aliphatic carbocycles. The summed E-state index contributed by atoms with van der Waals surface area (Å²) in [7, 11) is 0. The molecule has 0 radical (unpaired) electrons. The second-order valence-corrected chi connectivity index (χ2v) is 6.33. The molecule has 2 aromatic heterocycles. The summed E-state index contributed by atoms with van der Waals surface area (Å²) in [5.41, 5.74) is 1.18. The molecular weight excluding hydrogens is 366 g/mol. The van der Waals surface area contributed by atoms with Gasteiger partial charge in [0.1, 0.15) is 5.76 Å². The first-order valence-corrected chi connectivity index (χ1v) is 9.07. The number of carbonyl (C=O) groups excluding carboxylic acids is 3. The fraction of sp³-hybridized carbons (Fsp3) is 0.105. The molecule has 27 heavy (non-hydrogen) atoms. The lowest BCUT2D eigenvalue weighted by Gasteiger charge is -2.11. The first-order chi connectivity index (χ1) is 13.1. The summed E-state index contributed by atoms with van der Waals surface area (Å²) < 4.78 is 5.12. The fourth-order valence-corrected chi connectivity index (χ4v) is 2.93. The summed E-state index contributed by atoms with van der Waals surface area (Å²) in [4.78, 5) is 36.5. The molecule has 0 bridgehead atoms. The summed E-state index contributed by atoms with van der Waals surface area (Å²) in [5, 5.41) is 11.4. The number of hydrogen-bond donors (Lipinski definition) is 3. The third-order valence-corrected chi connectivity index (χ3v) is 4.34. The van der Waals surface area contributed by atoms with Crippen LogP contribution in [-0.2, 0) is 11.3 Å². The van der Waals surface area contributed by atoms with Crippen LogP contribution < -0.4 is 16.0 Å². The van der Waals surface area contributed by atoms with Gasteiger partial charge in [0.15, 0.2) is 0 Å². The Balaban J connectivity index is 1.56. The van der Waals surface area contributed by atoms with Crippen molar-refractivity contribution in [3.8, 4) is 0 Å². The van der Waals surface area contributed by atoms with Crippen LogP contribution in [0.2, 0.25) is 0 Å². The third kappa shape index (κ3) is 5.05. The molecule has 2 heterocycles. The Kier molecular flexibility index (Phi) is 6.01. The molecule has 3 aromatic rings. The highest BCUT2D eigenvalue weighted by molar-refractivity contribution is 7.08. The van der Waals surface area contributed by atoms with E-state index in [-0.39, 0.29) is 30.5 Å². The minimum absolute atomic E-state index is 0.188. The van der Waals surface area contributed by atoms with Gasteiger partial charge in [0.25, 0.3) is 11.8 Å². The molecule has 138 valence electrons. The predicted octanol–water partition coefficient (Wildman–Crippen LogP) is 2.64. The lowest BCUT2D eigenvalue weighted by atomic mass is 10.1. The second kappa shape index (κ2) is 8.81. The smallest absolute Gasteiger partial charge is 0.256 e. The van der Waals surface area contributed by atoms with E-state index in [4.69, 9.17) is 4.42 Å². The Labute approximate surface area is 159 Å². The number of anilines is 1. The molecule has 8 heteroatoms. The van der Waals surface area contributed by atoms with Gasteiger partial charge in [0, 0.05) is 5.38 Å². The Bertz CT molecular complexity index is 920. The average Bonchev–Trinajstić information content (AvgIpc) is 3.38. The van der Waals surface area contributed by atoms with E-state index in [1.165, 1.54) is 17.6 Å². The molecule has 3 amide bonds. The van der Waals surface area contributed by atoms with Gasteiger partial charge in [-0.25, -0.2) is 0 Å². The zero-order valence-electron chi connectivity index (χ0n) is 14.2. The molecule has 0 atom stereocenters. The summed E-state index contributed by atoms with van der Waals surface area (Å²) in [6.45, 7) is 0.0569. The van der Waals surface area contributed by atoms with Crippen LogP contribution in [0.5, 0.6) is 0 Å². The Hall–Kier alpha value is -3.39. The van der Waals surface area contributed by atoms with E-state index in [1.807, 2.05) is 0 Å². The highest BCUT2D eigenvalue weighted by Gasteiger charge is 2.15. The van der Waals surface area contributed by atoms with Crippen molar-refractivity contribution in [3.05, 3.63) is 76.4 Å². The van der Waals surface area contributed by atoms with Crippen molar-refractivity contribution in [3.63, 3.8) is 0 Å². The van der Waals surface area contributed by atoms with Crippen molar-refractivity contribution >= 4 is 34.7 Å². The van der Waals surface area contributed by atoms with Crippen LogP contribution in [0.15, 0.2) is 63.9 Å². The molecule has 7 nitrogen and oxygen atoms in total. The standard InChI is InChI=1S/C19H17N3O4S/c23-17(20-10-14-4-3-8-26-14)11-21-19(25)15-5-1-2-6-16(15)22-18(24)13-7-9-27-12-13/h1-9,12H,10-11H2,(H,20,23)(H,21,25)(H,22,24). The highest BCUT2D eigenvalue weighted by atomic mass is 32.1. The van der Waals surface area contributed by atoms with Crippen molar-refractivity contribution in [2.24, 2.45) is 0 Å². The summed E-state index contributed by atoms with van der Waals surface area (Å²) in [6.07, 6.45) is 1.52. The number of amides is 3. The summed E-state index contributed by atoms with van der Waals surface area (Å²) in [5.74, 6) is -0.479. The zero-order valence-corrected chi connectivity index (χ0v) is 15.0. The van der Waals surface area contributed by atoms with Gasteiger partial charge >= 0.3 is 0 Å². The van der Waals surface area contributed by atoms with Crippen LogP contribution >= 0.6 is 11.3 Å². The SMILES string of the molecule is O=C(CNC(=O)c1ccccc1NC(=O)c1ccsc1)NCc1ccco1. The molecule has 3 rings (SSSR count). The minimum Gasteiger partial charge on any atom is -0.467 e. The number of hydrogen-bond acceptors (Lipinski definition) is 5. The average molecular weight is 383 g/mol. The van der Waals surface area contributed by atoms with E-state index >= 15 is 0 Å². The van der Waals surface area contributed by atoms with Gasteiger partial charge in [-0.1, -0.05) is 12.1 Å². The van der Waals surface area contributed by atoms with Crippen LogP contribution in [0.3, 0.4) is 0 Å². The van der Waals surface area contributed by atoms with Crippen LogP contribution in [0, 0.1) is 0 Å². The summed E-state index contributed by atoms with van der Waals surface area (Å²) >= 11 is 1.41. The van der Waals surface area contributed by atoms with E-state index < -0.39 is 5.91 Å². The van der Waals surface area contributed by atoms with Crippen molar-refractivity contribution in [2.75, 3.05) is 11.9 Å². The van der Waals surface area contributed by atoms with Gasteiger partial charge in [0.2, 0.25) is 5.91 Å². The fourth-order valence-electron chi connectivity index (χ4n) is 2.30. The largest absolute Gasteiger partial charge is 0.467 e. The highest BCUT2D eigenvalue weighted by Crippen LogP contribution is 2.17. The van der Waals surface area contributed by atoms with Crippen molar-refractivity contribution in [1.82, 2.24) is 10.6 Å². The van der Waals surface area contributed by atoms with Gasteiger partial charge in [-0.3, -0.25) is 14.4 Å². The maximum absolute atomic E-state index is 12.4. The third-order valence-electron chi connectivity index (χ3n) is 3.65. The van der Waals surface area contributed by atoms with Crippen LogP contribution in [-0.4, -0.2) is 24.3 Å². The molecule has 0 saturated heterocycles. The monoisotopic (exact) mass is 383 g/mol. The molecule has 3 N–H and O–H groups in total. The first kappa shape index (κ1) is 18.4. The molecule has 0 fully saturated rings. The number of thiophene rings is 1. The van der Waals surface area contributed by atoms with Crippen LogP contribution in [0.1, 0.15) is 26.5 Å². The second-order valence-electron chi connectivity index (χ2n) is 5.55. The number of rotatable bonds is 7. The van der Waals surface area contributed by atoms with Gasteiger partial charge in [-0.05, 0) is 35.7 Å². The van der Waals surface area contributed by atoms with Crippen LogP contribution in [0.4, 0.5) is 5.69 Å². The maximum Gasteiger partial charge on any atom is 0.256 e. The van der Waals surface area contributed by atoms with Crippen molar-refractivity contribution in [1.29, 1.82) is 0 Å². The van der Waals surface area contributed by atoms with Gasteiger partial charge in [-0.15, -0.1) is 0 Å². The maximum atomic E-state index is 12.4. The number of para-hydroxylation sites is 1. The molecule has 0 unspecified atom stereocenters. The molecule has 1 aromatic carbocycles. The van der Waals surface area contributed by atoms with E-state index in [2.05, 4.69) is 16.0 Å². The van der Waals surface area contributed by atoms with Gasteiger partial charge in [0.05, 0.1) is 36.2 Å². The number of furan rings is 1. The molecule has 0 saturated carbocycles. The van der Waals surface area contributed by atoms with E-state index in [0.717, 1.165) is 0 Å². The van der Waals surface area contributed by atoms with Crippen molar-refractivity contribution < 1.29 is 18.8 Å². The normalized spacial score (nSPS) is 10.2. The number of nitrogens with one attached hydrogen (secondary N) is 3. The van der Waals surface area contributed by atoms with Crippen LogP contribution in [0.25, 0.3) is 0 Å². The lowest BCUT2D eigenvalue weighted by molar-refractivity contribution is -0.120. The number of carbonyl (C=O) groups is 3. The lowest BCUT2D eigenvalue weighted by Crippen LogP contribution is -2.36. The van der Waals surface area contributed by atoms with E-state index in [0.29, 0.717) is 17.0 Å². The predicted molar refractivity (Wildman–Crippen MR) is 102 cm³/mol. The van der Waals surface area contributed by atoms with E-state index in [9.17, 15) is 14.4 Å². The molecule has 0 spiro atoms. The Morgan fingerprint density at radius 2 is 1.81 bits per heavy atom. The quantitative estimate of drug-likeness (QED) is 0.584. The van der Waals surface area contributed by atoms with Gasteiger partial charge in [-0.2, -0.15) is 11.3 Å². The molecule has 0 aliphatic heterocycles. The molecular formula is C19H17N3O4S.